The Kier molecular flexibility index (Phi) is 4.87. The van der Waals surface area contributed by atoms with Crippen molar-refractivity contribution in [3.8, 4) is 5.75 Å². The Morgan fingerprint density at radius 3 is 2.59 bits per heavy atom. The van der Waals surface area contributed by atoms with Crippen molar-refractivity contribution in [2.75, 3.05) is 19.7 Å². The maximum Gasteiger partial charge on any atom is 0.119 e. The lowest BCUT2D eigenvalue weighted by molar-refractivity contribution is 0.309. The molecule has 1 saturated carbocycles. The number of hydrogen-bond donors (Lipinski definition) is 1. The first-order valence-electron chi connectivity index (χ1n) is 6.75. The molecule has 17 heavy (non-hydrogen) atoms. The molecule has 94 valence electrons. The fourth-order valence-corrected chi connectivity index (χ4v) is 2.40. The van der Waals surface area contributed by atoms with E-state index >= 15 is 0 Å². The van der Waals surface area contributed by atoms with Gasteiger partial charge in [0.25, 0.3) is 0 Å². The van der Waals surface area contributed by atoms with Crippen LogP contribution in [-0.4, -0.2) is 19.7 Å². The summed E-state index contributed by atoms with van der Waals surface area (Å²) >= 11 is 0. The summed E-state index contributed by atoms with van der Waals surface area (Å²) in [6.45, 7) is 4.96. The summed E-state index contributed by atoms with van der Waals surface area (Å²) < 4.78 is 5.66. The van der Waals surface area contributed by atoms with Gasteiger partial charge in [-0.3, -0.25) is 0 Å². The quantitative estimate of drug-likeness (QED) is 0.762. The van der Waals surface area contributed by atoms with E-state index in [4.69, 9.17) is 4.74 Å². The van der Waals surface area contributed by atoms with Crippen LogP contribution in [0, 0.1) is 12.8 Å². The van der Waals surface area contributed by atoms with E-state index in [1.54, 1.807) is 0 Å². The highest BCUT2D eigenvalue weighted by atomic mass is 16.5. The van der Waals surface area contributed by atoms with Gasteiger partial charge in [0.1, 0.15) is 12.4 Å². The van der Waals surface area contributed by atoms with Gasteiger partial charge in [0.2, 0.25) is 0 Å². The molecule has 1 aromatic rings. The lowest BCUT2D eigenvalue weighted by Gasteiger charge is -2.11. The molecule has 1 aliphatic carbocycles. The van der Waals surface area contributed by atoms with Gasteiger partial charge in [0, 0.05) is 6.54 Å². The number of nitrogens with one attached hydrogen (secondary N) is 1. The lowest BCUT2D eigenvalue weighted by Crippen LogP contribution is -2.26. The minimum Gasteiger partial charge on any atom is -0.492 e. The van der Waals surface area contributed by atoms with Crippen LogP contribution in [0.2, 0.25) is 0 Å². The third kappa shape index (κ3) is 4.39. The Morgan fingerprint density at radius 1 is 1.18 bits per heavy atom. The molecule has 0 atom stereocenters. The summed E-state index contributed by atoms with van der Waals surface area (Å²) in [6.07, 6.45) is 5.66. The third-order valence-corrected chi connectivity index (χ3v) is 3.48. The van der Waals surface area contributed by atoms with Crippen LogP contribution in [0.5, 0.6) is 5.75 Å². The largest absolute Gasteiger partial charge is 0.492 e. The standard InChI is InChI=1S/C15H23NO/c1-13-6-8-15(9-7-13)17-11-10-16-12-14-4-2-3-5-14/h6-9,14,16H,2-5,10-12H2,1H3. The molecule has 1 N–H and O–H groups in total. The normalized spacial score (nSPS) is 16.3. The average Bonchev–Trinajstić information content (AvgIpc) is 2.84. The number of rotatable bonds is 6. The summed E-state index contributed by atoms with van der Waals surface area (Å²) in [6, 6.07) is 8.24. The van der Waals surface area contributed by atoms with Crippen molar-refractivity contribution in [3.05, 3.63) is 29.8 Å². The highest BCUT2D eigenvalue weighted by Gasteiger charge is 2.13. The Bertz CT molecular complexity index is 314. The maximum atomic E-state index is 5.66. The van der Waals surface area contributed by atoms with Gasteiger partial charge in [-0.25, -0.2) is 0 Å². The molecule has 1 aliphatic rings. The second-order valence-corrected chi connectivity index (χ2v) is 5.02. The van der Waals surface area contributed by atoms with E-state index < -0.39 is 0 Å². The molecular formula is C15H23NO. The Balaban J connectivity index is 1.55. The maximum absolute atomic E-state index is 5.66. The van der Waals surface area contributed by atoms with Gasteiger partial charge >= 0.3 is 0 Å². The summed E-state index contributed by atoms with van der Waals surface area (Å²) in [5.41, 5.74) is 1.27. The molecule has 0 aliphatic heterocycles. The molecule has 2 nitrogen and oxygen atoms in total. The van der Waals surface area contributed by atoms with Crippen molar-refractivity contribution < 1.29 is 4.74 Å². The molecule has 0 saturated heterocycles. The second-order valence-electron chi connectivity index (χ2n) is 5.02. The summed E-state index contributed by atoms with van der Waals surface area (Å²) in [5.74, 6) is 1.88. The van der Waals surface area contributed by atoms with Crippen LogP contribution in [-0.2, 0) is 0 Å². The molecule has 1 aromatic carbocycles. The van der Waals surface area contributed by atoms with E-state index in [0.29, 0.717) is 0 Å². The van der Waals surface area contributed by atoms with Gasteiger partial charge < -0.3 is 10.1 Å². The highest BCUT2D eigenvalue weighted by Crippen LogP contribution is 2.23. The molecule has 0 amide bonds. The molecule has 2 rings (SSSR count). The Labute approximate surface area is 104 Å². The topological polar surface area (TPSA) is 21.3 Å². The second kappa shape index (κ2) is 6.65. The SMILES string of the molecule is Cc1ccc(OCCNCC2CCCC2)cc1. The first-order chi connectivity index (χ1) is 8.34. The molecule has 0 spiro atoms. The molecule has 0 unspecified atom stereocenters. The monoisotopic (exact) mass is 233 g/mol. The van der Waals surface area contributed by atoms with E-state index in [1.165, 1.54) is 31.2 Å². The van der Waals surface area contributed by atoms with E-state index in [1.807, 2.05) is 12.1 Å². The van der Waals surface area contributed by atoms with Crippen molar-refractivity contribution >= 4 is 0 Å². The van der Waals surface area contributed by atoms with Gasteiger partial charge in [0.05, 0.1) is 0 Å². The van der Waals surface area contributed by atoms with Gasteiger partial charge in [-0.05, 0) is 44.4 Å². The van der Waals surface area contributed by atoms with E-state index in [2.05, 4.69) is 24.4 Å². The van der Waals surface area contributed by atoms with E-state index in [9.17, 15) is 0 Å². The molecule has 0 radical (unpaired) electrons. The molecule has 0 bridgehead atoms. The average molecular weight is 233 g/mol. The van der Waals surface area contributed by atoms with E-state index in [0.717, 1.165) is 31.4 Å². The number of benzene rings is 1. The number of aryl methyl sites for hydroxylation is 1. The minimum atomic E-state index is 0.760. The molecule has 1 fully saturated rings. The van der Waals surface area contributed by atoms with Crippen LogP contribution >= 0.6 is 0 Å². The van der Waals surface area contributed by atoms with Crippen molar-refractivity contribution in [1.29, 1.82) is 0 Å². The fourth-order valence-electron chi connectivity index (χ4n) is 2.40. The third-order valence-electron chi connectivity index (χ3n) is 3.48. The summed E-state index contributed by atoms with van der Waals surface area (Å²) in [4.78, 5) is 0. The highest BCUT2D eigenvalue weighted by molar-refractivity contribution is 5.26. The fraction of sp³-hybridized carbons (Fsp3) is 0.600. The molecule has 2 heteroatoms. The van der Waals surface area contributed by atoms with Crippen LogP contribution in [0.25, 0.3) is 0 Å². The van der Waals surface area contributed by atoms with Crippen LogP contribution in [0.1, 0.15) is 31.2 Å². The smallest absolute Gasteiger partial charge is 0.119 e. The lowest BCUT2D eigenvalue weighted by atomic mass is 10.1. The van der Waals surface area contributed by atoms with Crippen molar-refractivity contribution in [1.82, 2.24) is 5.32 Å². The molecule has 0 heterocycles. The van der Waals surface area contributed by atoms with Crippen LogP contribution in [0.4, 0.5) is 0 Å². The van der Waals surface area contributed by atoms with Crippen molar-refractivity contribution in [3.63, 3.8) is 0 Å². The Morgan fingerprint density at radius 2 is 1.88 bits per heavy atom. The number of hydrogen-bond acceptors (Lipinski definition) is 2. The predicted octanol–water partition coefficient (Wildman–Crippen LogP) is 3.15. The Hall–Kier alpha value is -1.02. The van der Waals surface area contributed by atoms with Crippen LogP contribution < -0.4 is 10.1 Å². The zero-order valence-corrected chi connectivity index (χ0v) is 10.7. The number of ether oxygens (including phenoxy) is 1. The van der Waals surface area contributed by atoms with Crippen LogP contribution in [0.15, 0.2) is 24.3 Å². The zero-order chi connectivity index (χ0) is 11.9. The zero-order valence-electron chi connectivity index (χ0n) is 10.7. The summed E-state index contributed by atoms with van der Waals surface area (Å²) in [7, 11) is 0. The first kappa shape index (κ1) is 12.4. The van der Waals surface area contributed by atoms with Crippen molar-refractivity contribution in [2.45, 2.75) is 32.6 Å². The summed E-state index contributed by atoms with van der Waals surface area (Å²) in [5, 5.41) is 3.48. The van der Waals surface area contributed by atoms with Crippen LogP contribution in [0.3, 0.4) is 0 Å². The van der Waals surface area contributed by atoms with Crippen molar-refractivity contribution in [2.24, 2.45) is 5.92 Å². The first-order valence-corrected chi connectivity index (χ1v) is 6.75. The molecular weight excluding hydrogens is 210 g/mol. The minimum absolute atomic E-state index is 0.760. The van der Waals surface area contributed by atoms with Gasteiger partial charge in [-0.2, -0.15) is 0 Å². The van der Waals surface area contributed by atoms with E-state index in [-0.39, 0.29) is 0 Å². The molecule has 0 aromatic heterocycles. The van der Waals surface area contributed by atoms with Gasteiger partial charge in [0.15, 0.2) is 0 Å². The van der Waals surface area contributed by atoms with Gasteiger partial charge in [-0.1, -0.05) is 30.5 Å². The predicted molar refractivity (Wildman–Crippen MR) is 71.5 cm³/mol. The van der Waals surface area contributed by atoms with Gasteiger partial charge in [-0.15, -0.1) is 0 Å².